The molecule has 0 aliphatic carbocycles. The summed E-state index contributed by atoms with van der Waals surface area (Å²) in [5.41, 5.74) is 1.26. The van der Waals surface area contributed by atoms with E-state index in [1.807, 2.05) is 18.3 Å². The second kappa shape index (κ2) is 7.07. The summed E-state index contributed by atoms with van der Waals surface area (Å²) >= 11 is 0. The van der Waals surface area contributed by atoms with Gasteiger partial charge in [-0.1, -0.05) is 30.3 Å². The second-order valence-electron chi connectivity index (χ2n) is 5.75. The van der Waals surface area contributed by atoms with Gasteiger partial charge < -0.3 is 10.2 Å². The predicted molar refractivity (Wildman–Crippen MR) is 88.6 cm³/mol. The third-order valence-electron chi connectivity index (χ3n) is 3.16. The average molecular weight is 284 g/mol. The van der Waals surface area contributed by atoms with E-state index in [0.29, 0.717) is 12.1 Å². The van der Waals surface area contributed by atoms with E-state index in [9.17, 15) is 0 Å². The Morgan fingerprint density at radius 2 is 1.76 bits per heavy atom. The van der Waals surface area contributed by atoms with Crippen LogP contribution in [-0.4, -0.2) is 22.1 Å². The van der Waals surface area contributed by atoms with Crippen molar-refractivity contribution in [3.8, 4) is 0 Å². The minimum Gasteiger partial charge on any atom is -0.368 e. The smallest absolute Gasteiger partial charge is 0.227 e. The maximum atomic E-state index is 4.63. The Labute approximate surface area is 127 Å². The number of anilines is 2. The summed E-state index contributed by atoms with van der Waals surface area (Å²) in [5, 5.41) is 3.33. The first-order valence-corrected chi connectivity index (χ1v) is 7.46. The normalized spacial score (nSPS) is 11.0. The van der Waals surface area contributed by atoms with Crippen LogP contribution in [0, 0.1) is 0 Å². The van der Waals surface area contributed by atoms with Crippen molar-refractivity contribution in [1.29, 1.82) is 0 Å². The van der Waals surface area contributed by atoms with E-state index in [2.05, 4.69) is 72.1 Å². The van der Waals surface area contributed by atoms with Crippen molar-refractivity contribution in [2.24, 2.45) is 0 Å². The molecule has 2 aromatic rings. The van der Waals surface area contributed by atoms with Crippen LogP contribution < -0.4 is 10.2 Å². The lowest BCUT2D eigenvalue weighted by Crippen LogP contribution is -2.32. The van der Waals surface area contributed by atoms with Crippen molar-refractivity contribution in [3.63, 3.8) is 0 Å². The molecule has 0 saturated carbocycles. The van der Waals surface area contributed by atoms with Crippen molar-refractivity contribution < 1.29 is 0 Å². The number of benzene rings is 1. The highest BCUT2D eigenvalue weighted by atomic mass is 15.3. The zero-order valence-corrected chi connectivity index (χ0v) is 13.2. The van der Waals surface area contributed by atoms with Gasteiger partial charge in [-0.25, -0.2) is 4.98 Å². The molecule has 21 heavy (non-hydrogen) atoms. The average Bonchev–Trinajstić information content (AvgIpc) is 2.45. The lowest BCUT2D eigenvalue weighted by Gasteiger charge is -2.27. The molecule has 4 heteroatoms. The van der Waals surface area contributed by atoms with Crippen molar-refractivity contribution in [2.75, 3.05) is 10.2 Å². The van der Waals surface area contributed by atoms with Crippen molar-refractivity contribution in [2.45, 2.75) is 46.3 Å². The first-order valence-electron chi connectivity index (χ1n) is 7.46. The fraction of sp³-hybridized carbons (Fsp3) is 0.412. The standard InChI is InChI=1S/C17H24N4/c1-13(2)19-16-10-11-18-17(20-16)21(14(3)4)12-15-8-6-5-7-9-15/h5-11,13-14H,12H2,1-4H3,(H,18,19,20). The Hall–Kier alpha value is -2.10. The number of nitrogens with zero attached hydrogens (tertiary/aromatic N) is 3. The van der Waals surface area contributed by atoms with Gasteiger partial charge in [0, 0.05) is 24.8 Å². The summed E-state index contributed by atoms with van der Waals surface area (Å²) < 4.78 is 0. The van der Waals surface area contributed by atoms with Crippen LogP contribution in [0.15, 0.2) is 42.6 Å². The third-order valence-corrected chi connectivity index (χ3v) is 3.16. The molecule has 0 amide bonds. The van der Waals surface area contributed by atoms with Gasteiger partial charge in [0.05, 0.1) is 0 Å². The van der Waals surface area contributed by atoms with Crippen LogP contribution in [0.4, 0.5) is 11.8 Å². The van der Waals surface area contributed by atoms with Gasteiger partial charge in [0.15, 0.2) is 0 Å². The SMILES string of the molecule is CC(C)Nc1ccnc(N(Cc2ccccc2)C(C)C)n1. The second-order valence-corrected chi connectivity index (χ2v) is 5.75. The molecule has 0 saturated heterocycles. The first kappa shape index (κ1) is 15.3. The molecule has 2 rings (SSSR count). The zero-order valence-electron chi connectivity index (χ0n) is 13.2. The van der Waals surface area contributed by atoms with Crippen LogP contribution in [0.5, 0.6) is 0 Å². The topological polar surface area (TPSA) is 41.1 Å². The number of aromatic nitrogens is 2. The Morgan fingerprint density at radius 3 is 2.38 bits per heavy atom. The van der Waals surface area contributed by atoms with Crippen molar-refractivity contribution in [1.82, 2.24) is 9.97 Å². The van der Waals surface area contributed by atoms with E-state index in [4.69, 9.17) is 0 Å². The molecule has 0 aliphatic rings. The lowest BCUT2D eigenvalue weighted by atomic mass is 10.2. The number of nitrogens with one attached hydrogen (secondary N) is 1. The molecule has 112 valence electrons. The van der Waals surface area contributed by atoms with Crippen LogP contribution in [0.2, 0.25) is 0 Å². The Balaban J connectivity index is 2.22. The molecule has 0 aliphatic heterocycles. The minimum absolute atomic E-state index is 0.333. The van der Waals surface area contributed by atoms with Crippen molar-refractivity contribution in [3.05, 3.63) is 48.2 Å². The maximum absolute atomic E-state index is 4.63. The predicted octanol–water partition coefficient (Wildman–Crippen LogP) is 3.71. The highest BCUT2D eigenvalue weighted by molar-refractivity contribution is 5.42. The number of hydrogen-bond donors (Lipinski definition) is 1. The van der Waals surface area contributed by atoms with E-state index in [0.717, 1.165) is 18.3 Å². The molecule has 1 heterocycles. The van der Waals surface area contributed by atoms with Crippen LogP contribution in [-0.2, 0) is 6.54 Å². The number of hydrogen-bond acceptors (Lipinski definition) is 4. The molecule has 0 fully saturated rings. The van der Waals surface area contributed by atoms with Gasteiger partial charge in [-0.3, -0.25) is 0 Å². The highest BCUT2D eigenvalue weighted by Gasteiger charge is 2.14. The molecule has 0 spiro atoms. The fourth-order valence-electron chi connectivity index (χ4n) is 2.13. The summed E-state index contributed by atoms with van der Waals surface area (Å²) in [4.78, 5) is 11.3. The lowest BCUT2D eigenvalue weighted by molar-refractivity contribution is 0.660. The molecule has 1 aromatic carbocycles. The first-order chi connectivity index (χ1) is 10.1. The van der Waals surface area contributed by atoms with Gasteiger partial charge in [-0.05, 0) is 39.3 Å². The molecule has 0 unspecified atom stereocenters. The van der Waals surface area contributed by atoms with E-state index in [-0.39, 0.29) is 0 Å². The van der Waals surface area contributed by atoms with E-state index in [1.54, 1.807) is 0 Å². The number of rotatable bonds is 6. The summed E-state index contributed by atoms with van der Waals surface area (Å²) in [5.74, 6) is 1.63. The van der Waals surface area contributed by atoms with E-state index >= 15 is 0 Å². The van der Waals surface area contributed by atoms with Crippen LogP contribution in [0.25, 0.3) is 0 Å². The van der Waals surface area contributed by atoms with Gasteiger partial charge in [0.2, 0.25) is 5.95 Å². The third kappa shape index (κ3) is 4.45. The Bertz CT molecular complexity index is 552. The molecular weight excluding hydrogens is 260 g/mol. The molecule has 0 radical (unpaired) electrons. The molecule has 1 N–H and O–H groups in total. The summed E-state index contributed by atoms with van der Waals surface area (Å²) in [6.45, 7) is 9.34. The van der Waals surface area contributed by atoms with Gasteiger partial charge in [0.25, 0.3) is 0 Å². The quantitative estimate of drug-likeness (QED) is 0.878. The van der Waals surface area contributed by atoms with Gasteiger partial charge in [-0.2, -0.15) is 4.98 Å². The largest absolute Gasteiger partial charge is 0.368 e. The molecular formula is C17H24N4. The Kier molecular flexibility index (Phi) is 5.14. The molecule has 0 atom stereocenters. The fourth-order valence-corrected chi connectivity index (χ4v) is 2.13. The molecule has 1 aromatic heterocycles. The van der Waals surface area contributed by atoms with E-state index in [1.165, 1.54) is 5.56 Å². The van der Waals surface area contributed by atoms with Gasteiger partial charge >= 0.3 is 0 Å². The minimum atomic E-state index is 0.333. The van der Waals surface area contributed by atoms with Gasteiger partial charge in [-0.15, -0.1) is 0 Å². The molecule has 4 nitrogen and oxygen atoms in total. The Morgan fingerprint density at radius 1 is 1.05 bits per heavy atom. The maximum Gasteiger partial charge on any atom is 0.227 e. The van der Waals surface area contributed by atoms with Crippen LogP contribution in [0.1, 0.15) is 33.3 Å². The van der Waals surface area contributed by atoms with E-state index < -0.39 is 0 Å². The van der Waals surface area contributed by atoms with Crippen LogP contribution >= 0.6 is 0 Å². The van der Waals surface area contributed by atoms with Crippen molar-refractivity contribution >= 4 is 11.8 Å². The van der Waals surface area contributed by atoms with Gasteiger partial charge in [0.1, 0.15) is 5.82 Å². The zero-order chi connectivity index (χ0) is 15.2. The monoisotopic (exact) mass is 284 g/mol. The summed E-state index contributed by atoms with van der Waals surface area (Å²) in [7, 11) is 0. The summed E-state index contributed by atoms with van der Waals surface area (Å²) in [6, 6.07) is 13.0. The summed E-state index contributed by atoms with van der Waals surface area (Å²) in [6.07, 6.45) is 1.81. The molecule has 0 bridgehead atoms. The highest BCUT2D eigenvalue weighted by Crippen LogP contribution is 2.17. The van der Waals surface area contributed by atoms with Crippen LogP contribution in [0.3, 0.4) is 0 Å².